The van der Waals surface area contributed by atoms with Crippen LogP contribution in [0.1, 0.15) is 46.5 Å². The molecule has 4 rings (SSSR count). The van der Waals surface area contributed by atoms with Gasteiger partial charge in [0.2, 0.25) is 0 Å². The highest BCUT2D eigenvalue weighted by Gasteiger charge is 2.44. The first-order chi connectivity index (χ1) is 15.0. The van der Waals surface area contributed by atoms with Crippen LogP contribution in [0.25, 0.3) is 5.70 Å². The van der Waals surface area contributed by atoms with Gasteiger partial charge in [-0.2, -0.15) is 13.2 Å². The highest BCUT2D eigenvalue weighted by atomic mass is 19.4. The Hall–Kier alpha value is -3.49. The fraction of sp³-hybridized carbons (Fsp3) is 0.304. The lowest BCUT2D eigenvalue weighted by Gasteiger charge is -2.40. The molecule has 6 nitrogen and oxygen atoms in total. The molecular weight excluding hydrogens is 423 g/mol. The Labute approximate surface area is 183 Å². The summed E-state index contributed by atoms with van der Waals surface area (Å²) in [6.07, 6.45) is -4.59. The zero-order valence-corrected chi connectivity index (χ0v) is 18.0. The molecule has 0 saturated heterocycles. The van der Waals surface area contributed by atoms with Crippen LogP contribution in [0.15, 0.2) is 42.1 Å². The van der Waals surface area contributed by atoms with Crippen molar-refractivity contribution in [2.45, 2.75) is 39.1 Å². The molecule has 0 fully saturated rings. The number of hydrogen-bond donors (Lipinski definition) is 2. The molecule has 2 heterocycles. The molecule has 0 radical (unpaired) electrons. The molecule has 0 saturated carbocycles. The molecule has 2 aromatic carbocycles. The van der Waals surface area contributed by atoms with Crippen molar-refractivity contribution in [2.75, 3.05) is 7.05 Å². The van der Waals surface area contributed by atoms with E-state index < -0.39 is 23.4 Å². The number of hydrogen-bond acceptors (Lipinski definition) is 3. The average molecular weight is 445 g/mol. The van der Waals surface area contributed by atoms with Crippen molar-refractivity contribution in [1.29, 1.82) is 0 Å². The maximum Gasteiger partial charge on any atom is 0.416 e. The van der Waals surface area contributed by atoms with Crippen LogP contribution in [0.4, 0.5) is 18.0 Å². The van der Waals surface area contributed by atoms with E-state index in [1.165, 1.54) is 24.9 Å². The molecule has 2 aliphatic rings. The second kappa shape index (κ2) is 7.29. The Morgan fingerprint density at radius 3 is 2.47 bits per heavy atom. The molecule has 0 spiro atoms. The molecule has 0 unspecified atom stereocenters. The maximum atomic E-state index is 13.7. The number of nitrogens with zero attached hydrogens (tertiary/aromatic N) is 1. The van der Waals surface area contributed by atoms with Crippen molar-refractivity contribution in [3.8, 4) is 5.75 Å². The maximum absolute atomic E-state index is 13.7. The number of benzene rings is 2. The molecule has 2 aliphatic heterocycles. The van der Waals surface area contributed by atoms with E-state index in [0.717, 1.165) is 11.6 Å². The van der Waals surface area contributed by atoms with E-state index in [0.29, 0.717) is 5.56 Å². The number of fused-ring (bicyclic) bond motifs is 2. The minimum atomic E-state index is -4.59. The molecule has 9 heteroatoms. The molecule has 32 heavy (non-hydrogen) atoms. The molecule has 2 aromatic rings. The van der Waals surface area contributed by atoms with Crippen molar-refractivity contribution in [2.24, 2.45) is 0 Å². The normalized spacial score (nSPS) is 17.0. The van der Waals surface area contributed by atoms with Gasteiger partial charge in [-0.15, -0.1) is 0 Å². The van der Waals surface area contributed by atoms with E-state index in [2.05, 4.69) is 10.6 Å². The summed E-state index contributed by atoms with van der Waals surface area (Å²) in [6, 6.07) is 8.65. The Bertz CT molecular complexity index is 1170. The number of ether oxygens (including phenoxy) is 1. The van der Waals surface area contributed by atoms with Crippen LogP contribution < -0.4 is 15.4 Å². The van der Waals surface area contributed by atoms with Gasteiger partial charge >= 0.3 is 12.2 Å². The molecule has 2 N–H and O–H groups in total. The summed E-state index contributed by atoms with van der Waals surface area (Å²) in [5, 5.41) is 5.13. The van der Waals surface area contributed by atoms with Crippen LogP contribution in [0.3, 0.4) is 0 Å². The third-order valence-electron chi connectivity index (χ3n) is 5.73. The summed E-state index contributed by atoms with van der Waals surface area (Å²) in [4.78, 5) is 27.0. The van der Waals surface area contributed by atoms with Gasteiger partial charge in [0.1, 0.15) is 11.4 Å². The Balaban J connectivity index is 2.01. The van der Waals surface area contributed by atoms with Crippen LogP contribution in [0, 0.1) is 6.92 Å². The van der Waals surface area contributed by atoms with Crippen LogP contribution in [0.2, 0.25) is 0 Å². The summed E-state index contributed by atoms with van der Waals surface area (Å²) in [7, 11) is 1.42. The predicted molar refractivity (Wildman–Crippen MR) is 112 cm³/mol. The van der Waals surface area contributed by atoms with Gasteiger partial charge in [-0.3, -0.25) is 4.79 Å². The van der Waals surface area contributed by atoms with E-state index >= 15 is 0 Å². The first kappa shape index (κ1) is 21.7. The number of urea groups is 1. The number of amides is 3. The van der Waals surface area contributed by atoms with Crippen molar-refractivity contribution in [1.82, 2.24) is 15.5 Å². The van der Waals surface area contributed by atoms with E-state index in [9.17, 15) is 22.8 Å². The average Bonchev–Trinajstić information content (AvgIpc) is 3.04. The Morgan fingerprint density at radius 1 is 1.16 bits per heavy atom. The fourth-order valence-corrected chi connectivity index (χ4v) is 4.20. The van der Waals surface area contributed by atoms with Gasteiger partial charge in [0.25, 0.3) is 5.91 Å². The number of nitrogens with one attached hydrogen (secondary N) is 2. The lowest BCUT2D eigenvalue weighted by atomic mass is 9.89. The van der Waals surface area contributed by atoms with Gasteiger partial charge in [0.05, 0.1) is 23.5 Å². The smallest absolute Gasteiger partial charge is 0.416 e. The lowest BCUT2D eigenvalue weighted by Crippen LogP contribution is -2.48. The predicted octanol–water partition coefficient (Wildman–Crippen LogP) is 4.44. The third-order valence-corrected chi connectivity index (χ3v) is 5.73. The van der Waals surface area contributed by atoms with E-state index in [4.69, 9.17) is 4.74 Å². The van der Waals surface area contributed by atoms with Gasteiger partial charge in [-0.1, -0.05) is 18.2 Å². The molecule has 3 amide bonds. The Morgan fingerprint density at radius 2 is 1.84 bits per heavy atom. The second-order valence-corrected chi connectivity index (χ2v) is 8.20. The van der Waals surface area contributed by atoms with Crippen molar-refractivity contribution in [3.05, 3.63) is 69.9 Å². The largest absolute Gasteiger partial charge is 0.481 e. The quantitative estimate of drug-likeness (QED) is 0.718. The first-order valence-electron chi connectivity index (χ1n) is 9.99. The summed E-state index contributed by atoms with van der Waals surface area (Å²) in [6.45, 7) is 4.87. The molecular formula is C23H22F3N3O3. The third kappa shape index (κ3) is 3.37. The standard InChI is InChI=1S/C23H22F3N3O3/c1-12-15(23(24,25)26)9-10-16-17(12)18(19(22(2,3)32-16)28-21(31)27-4)29-11-13-7-5-6-8-14(13)20(29)30/h5-10H,11H2,1-4H3,(H2,27,28,31). The summed E-state index contributed by atoms with van der Waals surface area (Å²) in [5.74, 6) is -0.144. The summed E-state index contributed by atoms with van der Waals surface area (Å²) >= 11 is 0. The Kier molecular flexibility index (Phi) is 4.95. The molecule has 0 bridgehead atoms. The van der Waals surface area contributed by atoms with Crippen LogP contribution in [-0.4, -0.2) is 29.5 Å². The summed E-state index contributed by atoms with van der Waals surface area (Å²) < 4.78 is 47.2. The van der Waals surface area contributed by atoms with Crippen LogP contribution in [-0.2, 0) is 12.7 Å². The first-order valence-corrected chi connectivity index (χ1v) is 9.99. The van der Waals surface area contributed by atoms with Crippen molar-refractivity contribution in [3.63, 3.8) is 0 Å². The van der Waals surface area contributed by atoms with Crippen molar-refractivity contribution >= 4 is 17.6 Å². The lowest BCUT2D eigenvalue weighted by molar-refractivity contribution is -0.138. The number of halogens is 3. The highest BCUT2D eigenvalue weighted by molar-refractivity contribution is 6.05. The number of carbonyl (C=O) groups excluding carboxylic acids is 2. The van der Waals surface area contributed by atoms with E-state index in [-0.39, 0.29) is 40.7 Å². The van der Waals surface area contributed by atoms with E-state index in [1.54, 1.807) is 38.1 Å². The molecule has 0 aromatic heterocycles. The number of alkyl halides is 3. The number of rotatable bonds is 2. The molecule has 0 atom stereocenters. The topological polar surface area (TPSA) is 70.7 Å². The molecule has 168 valence electrons. The summed E-state index contributed by atoms with van der Waals surface area (Å²) in [5.41, 5.74) is -0.296. The highest BCUT2D eigenvalue weighted by Crippen LogP contribution is 2.48. The second-order valence-electron chi connectivity index (χ2n) is 8.20. The van der Waals surface area contributed by atoms with Gasteiger partial charge in [-0.05, 0) is 50.1 Å². The van der Waals surface area contributed by atoms with Gasteiger partial charge in [0, 0.05) is 18.2 Å². The van der Waals surface area contributed by atoms with Crippen LogP contribution >= 0.6 is 0 Å². The monoisotopic (exact) mass is 445 g/mol. The minimum Gasteiger partial charge on any atom is -0.481 e. The number of carbonyl (C=O) groups is 2. The van der Waals surface area contributed by atoms with Gasteiger partial charge < -0.3 is 20.3 Å². The van der Waals surface area contributed by atoms with Gasteiger partial charge in [0.15, 0.2) is 0 Å². The SMILES string of the molecule is CNC(=O)NC1=C(N2Cc3ccccc3C2=O)c2c(ccc(C(F)(F)F)c2C)OC1(C)C. The zero-order valence-electron chi connectivity index (χ0n) is 18.0. The molecule has 0 aliphatic carbocycles. The van der Waals surface area contributed by atoms with Crippen molar-refractivity contribution < 1.29 is 27.5 Å². The van der Waals surface area contributed by atoms with Gasteiger partial charge in [-0.25, -0.2) is 4.79 Å². The minimum absolute atomic E-state index is 0.0829. The van der Waals surface area contributed by atoms with Crippen LogP contribution in [0.5, 0.6) is 5.75 Å². The fourth-order valence-electron chi connectivity index (χ4n) is 4.20. The zero-order chi connectivity index (χ0) is 23.4. The van der Waals surface area contributed by atoms with E-state index in [1.807, 2.05) is 0 Å².